The second-order valence-electron chi connectivity index (χ2n) is 6.55. The van der Waals surface area contributed by atoms with Crippen molar-refractivity contribution in [3.63, 3.8) is 0 Å². The molecule has 1 saturated heterocycles. The van der Waals surface area contributed by atoms with E-state index in [0.29, 0.717) is 18.8 Å². The van der Waals surface area contributed by atoms with Gasteiger partial charge in [0.1, 0.15) is 23.1 Å². The predicted octanol–water partition coefficient (Wildman–Crippen LogP) is 1.96. The summed E-state index contributed by atoms with van der Waals surface area (Å²) in [6.45, 7) is 6.61. The Balaban J connectivity index is 1.97. The number of carbonyl (C=O) groups excluding carboxylic acids is 2. The molecular weight excluding hydrogens is 298 g/mol. The van der Waals surface area contributed by atoms with Crippen LogP contribution >= 0.6 is 0 Å². The van der Waals surface area contributed by atoms with Gasteiger partial charge in [-0.25, -0.2) is 4.79 Å². The highest BCUT2D eigenvalue weighted by Crippen LogP contribution is 2.20. The molecule has 0 radical (unpaired) electrons. The van der Waals surface area contributed by atoms with Crippen molar-refractivity contribution >= 4 is 12.0 Å². The summed E-state index contributed by atoms with van der Waals surface area (Å²) in [6.07, 6.45) is 2.65. The molecule has 7 nitrogen and oxygen atoms in total. The maximum Gasteiger partial charge on any atom is 0.410 e. The number of nitrogens with zero attached hydrogens (tertiary/aromatic N) is 2. The smallest absolute Gasteiger partial charge is 0.410 e. The van der Waals surface area contributed by atoms with E-state index in [2.05, 4.69) is 4.98 Å². The number of hydrogen-bond acceptors (Lipinski definition) is 5. The molecule has 0 aromatic carbocycles. The second-order valence-corrected chi connectivity index (χ2v) is 6.55. The molecule has 0 aliphatic carbocycles. The van der Waals surface area contributed by atoms with E-state index >= 15 is 0 Å². The number of piperidine rings is 1. The van der Waals surface area contributed by atoms with Gasteiger partial charge in [0.25, 0.3) is 5.91 Å². The molecule has 1 fully saturated rings. The first-order valence-electron chi connectivity index (χ1n) is 7.65. The van der Waals surface area contributed by atoms with E-state index < -0.39 is 11.5 Å². The summed E-state index contributed by atoms with van der Waals surface area (Å²) in [5.74, 6) is -0.0840. The van der Waals surface area contributed by atoms with E-state index in [1.54, 1.807) is 11.0 Å². The van der Waals surface area contributed by atoms with Crippen LogP contribution in [0.3, 0.4) is 0 Å². The topological polar surface area (TPSA) is 94.8 Å². The molecule has 1 aliphatic rings. The van der Waals surface area contributed by atoms with Gasteiger partial charge in [0.15, 0.2) is 0 Å². The van der Waals surface area contributed by atoms with Crippen molar-refractivity contribution in [2.75, 3.05) is 13.1 Å². The summed E-state index contributed by atoms with van der Waals surface area (Å²) in [6, 6.07) is 3.17. The Kier molecular flexibility index (Phi) is 5.08. The van der Waals surface area contributed by atoms with Crippen molar-refractivity contribution in [2.24, 2.45) is 5.73 Å². The van der Waals surface area contributed by atoms with Gasteiger partial charge in [-0.05, 0) is 39.7 Å². The highest BCUT2D eigenvalue weighted by Gasteiger charge is 2.28. The van der Waals surface area contributed by atoms with Crippen LogP contribution in [0.5, 0.6) is 5.75 Å². The van der Waals surface area contributed by atoms with Crippen LogP contribution in [-0.2, 0) is 4.74 Å². The number of rotatable bonds is 3. The summed E-state index contributed by atoms with van der Waals surface area (Å²) >= 11 is 0. The lowest BCUT2D eigenvalue weighted by Gasteiger charge is -2.34. The van der Waals surface area contributed by atoms with Gasteiger partial charge in [0.05, 0.1) is 6.54 Å². The average molecular weight is 321 g/mol. The minimum absolute atomic E-state index is 0.153. The number of carbonyl (C=O) groups is 2. The highest BCUT2D eigenvalue weighted by molar-refractivity contribution is 5.91. The Morgan fingerprint density at radius 1 is 1.39 bits per heavy atom. The molecule has 2 rings (SSSR count). The molecule has 1 atom stereocenters. The van der Waals surface area contributed by atoms with Crippen LogP contribution in [-0.4, -0.2) is 46.7 Å². The number of ether oxygens (including phenoxy) is 2. The number of amides is 2. The molecule has 0 bridgehead atoms. The van der Waals surface area contributed by atoms with Crippen molar-refractivity contribution in [3.8, 4) is 5.75 Å². The standard InChI is InChI=1S/C16H23N3O4/c1-16(2,3)23-15(21)19-8-4-5-12(10-19)22-11-6-7-18-13(9-11)14(17)20/h6-7,9,12H,4-5,8,10H2,1-3H3,(H2,17,20). The zero-order chi connectivity index (χ0) is 17.0. The van der Waals surface area contributed by atoms with Gasteiger partial charge in [-0.2, -0.15) is 0 Å². The van der Waals surface area contributed by atoms with Crippen molar-refractivity contribution in [1.29, 1.82) is 0 Å². The normalized spacial score (nSPS) is 18.4. The summed E-state index contributed by atoms with van der Waals surface area (Å²) in [4.78, 5) is 28.8. The summed E-state index contributed by atoms with van der Waals surface area (Å²) in [5, 5.41) is 0. The Bertz CT molecular complexity index is 583. The Morgan fingerprint density at radius 3 is 2.78 bits per heavy atom. The zero-order valence-corrected chi connectivity index (χ0v) is 13.7. The van der Waals surface area contributed by atoms with Gasteiger partial charge >= 0.3 is 6.09 Å². The Morgan fingerprint density at radius 2 is 2.13 bits per heavy atom. The molecule has 7 heteroatoms. The first kappa shape index (κ1) is 17.1. The van der Waals surface area contributed by atoms with Crippen LogP contribution in [0.4, 0.5) is 4.79 Å². The molecule has 2 heterocycles. The molecule has 1 aromatic heterocycles. The van der Waals surface area contributed by atoms with E-state index in [1.807, 2.05) is 20.8 Å². The van der Waals surface area contributed by atoms with Crippen LogP contribution in [0.15, 0.2) is 18.3 Å². The quantitative estimate of drug-likeness (QED) is 0.918. The van der Waals surface area contributed by atoms with Crippen LogP contribution in [0.2, 0.25) is 0 Å². The molecule has 23 heavy (non-hydrogen) atoms. The first-order chi connectivity index (χ1) is 10.7. The molecule has 2 N–H and O–H groups in total. The Hall–Kier alpha value is -2.31. The second kappa shape index (κ2) is 6.85. The average Bonchev–Trinajstić information content (AvgIpc) is 2.46. The van der Waals surface area contributed by atoms with E-state index in [0.717, 1.165) is 12.8 Å². The number of likely N-dealkylation sites (tertiary alicyclic amines) is 1. The van der Waals surface area contributed by atoms with Gasteiger partial charge < -0.3 is 20.1 Å². The fraction of sp³-hybridized carbons (Fsp3) is 0.562. The Labute approximate surface area is 135 Å². The third-order valence-electron chi connectivity index (χ3n) is 3.32. The van der Waals surface area contributed by atoms with Crippen LogP contribution in [0.25, 0.3) is 0 Å². The van der Waals surface area contributed by atoms with E-state index in [-0.39, 0.29) is 17.9 Å². The number of aromatic nitrogens is 1. The molecular formula is C16H23N3O4. The fourth-order valence-corrected chi connectivity index (χ4v) is 2.34. The molecule has 0 spiro atoms. The fourth-order valence-electron chi connectivity index (χ4n) is 2.34. The van der Waals surface area contributed by atoms with E-state index in [4.69, 9.17) is 15.2 Å². The van der Waals surface area contributed by atoms with E-state index in [9.17, 15) is 9.59 Å². The molecule has 1 aliphatic heterocycles. The van der Waals surface area contributed by atoms with Crippen molar-refractivity contribution in [3.05, 3.63) is 24.0 Å². The lowest BCUT2D eigenvalue weighted by Crippen LogP contribution is -2.46. The minimum atomic E-state index is -0.602. The van der Waals surface area contributed by atoms with Crippen LogP contribution in [0, 0.1) is 0 Å². The van der Waals surface area contributed by atoms with E-state index in [1.165, 1.54) is 12.3 Å². The van der Waals surface area contributed by atoms with Gasteiger partial charge in [0.2, 0.25) is 0 Å². The van der Waals surface area contributed by atoms with Gasteiger partial charge in [0, 0.05) is 18.8 Å². The van der Waals surface area contributed by atoms with Gasteiger partial charge in [-0.15, -0.1) is 0 Å². The summed E-state index contributed by atoms with van der Waals surface area (Å²) in [5.41, 5.74) is 4.84. The number of hydrogen-bond donors (Lipinski definition) is 1. The molecule has 1 unspecified atom stereocenters. The molecule has 0 saturated carbocycles. The maximum absolute atomic E-state index is 12.1. The summed E-state index contributed by atoms with van der Waals surface area (Å²) in [7, 11) is 0. The van der Waals surface area contributed by atoms with Gasteiger partial charge in [-0.1, -0.05) is 0 Å². The predicted molar refractivity (Wildman–Crippen MR) is 84.2 cm³/mol. The van der Waals surface area contributed by atoms with Crippen molar-refractivity contribution in [2.45, 2.75) is 45.3 Å². The van der Waals surface area contributed by atoms with Crippen LogP contribution in [0.1, 0.15) is 44.1 Å². The van der Waals surface area contributed by atoms with Gasteiger partial charge in [-0.3, -0.25) is 9.78 Å². The number of nitrogens with two attached hydrogens (primary N) is 1. The third kappa shape index (κ3) is 5.12. The van der Waals surface area contributed by atoms with Crippen LogP contribution < -0.4 is 10.5 Å². The first-order valence-corrected chi connectivity index (χ1v) is 7.65. The lowest BCUT2D eigenvalue weighted by atomic mass is 10.1. The molecule has 2 amide bonds. The summed E-state index contributed by atoms with van der Waals surface area (Å²) < 4.78 is 11.2. The maximum atomic E-state index is 12.1. The molecule has 126 valence electrons. The molecule has 1 aromatic rings. The number of pyridine rings is 1. The van der Waals surface area contributed by atoms with Crippen molar-refractivity contribution in [1.82, 2.24) is 9.88 Å². The SMILES string of the molecule is CC(C)(C)OC(=O)N1CCCC(Oc2ccnc(C(N)=O)c2)C1. The minimum Gasteiger partial charge on any atom is -0.488 e. The zero-order valence-electron chi connectivity index (χ0n) is 13.7. The highest BCUT2D eigenvalue weighted by atomic mass is 16.6. The lowest BCUT2D eigenvalue weighted by molar-refractivity contribution is 0.00775. The van der Waals surface area contributed by atoms with Crippen molar-refractivity contribution < 1.29 is 19.1 Å². The monoisotopic (exact) mass is 321 g/mol. The number of primary amides is 1. The third-order valence-corrected chi connectivity index (χ3v) is 3.32. The largest absolute Gasteiger partial charge is 0.488 e.